The molecule has 0 aliphatic carbocycles. The first kappa shape index (κ1) is 16.8. The number of nitrogens with one attached hydrogen (secondary N) is 1. The monoisotopic (exact) mass is 337 g/mol. The number of ether oxygens (including phenoxy) is 1. The summed E-state index contributed by atoms with van der Waals surface area (Å²) >= 11 is 0. The van der Waals surface area contributed by atoms with Gasteiger partial charge in [0.1, 0.15) is 6.26 Å². The molecule has 1 aromatic carbocycles. The summed E-state index contributed by atoms with van der Waals surface area (Å²) in [6.45, 7) is 1.46. The highest BCUT2D eigenvalue weighted by Crippen LogP contribution is 2.14. The minimum atomic E-state index is -3.38. The highest BCUT2D eigenvalue weighted by atomic mass is 32.2. The van der Waals surface area contributed by atoms with Crippen molar-refractivity contribution in [1.29, 1.82) is 0 Å². The third kappa shape index (κ3) is 4.68. The summed E-state index contributed by atoms with van der Waals surface area (Å²) in [5.41, 5.74) is 0.862. The Morgan fingerprint density at radius 3 is 2.30 bits per heavy atom. The maximum atomic E-state index is 12.2. The Bertz CT molecular complexity index is 793. The van der Waals surface area contributed by atoms with E-state index in [4.69, 9.17) is 9.15 Å². The predicted molar refractivity (Wildman–Crippen MR) is 82.8 cm³/mol. The van der Waals surface area contributed by atoms with Crippen LogP contribution in [-0.4, -0.2) is 32.5 Å². The van der Waals surface area contributed by atoms with E-state index in [1.165, 1.54) is 49.8 Å². The van der Waals surface area contributed by atoms with Gasteiger partial charge < -0.3 is 9.15 Å². The number of furan rings is 1. The lowest BCUT2D eigenvalue weighted by atomic mass is 10.1. The second kappa shape index (κ2) is 6.66. The van der Waals surface area contributed by atoms with Crippen molar-refractivity contribution in [1.82, 2.24) is 0 Å². The first-order valence-electron chi connectivity index (χ1n) is 6.61. The largest absolute Gasteiger partial charge is 0.472 e. The van der Waals surface area contributed by atoms with E-state index in [-0.39, 0.29) is 5.56 Å². The van der Waals surface area contributed by atoms with E-state index < -0.39 is 27.9 Å². The highest BCUT2D eigenvalue weighted by Gasteiger charge is 2.21. The molecule has 0 spiro atoms. The molecule has 0 amide bonds. The standard InChI is InChI=1S/C15H15NO6S/c1-10(22-15(18)12-7-8-21-9-12)14(17)11-3-5-13(6-4-11)16-23(2,19)20/h3-10,16H,1-2H3/t10-/m1/s1. The number of ketones is 1. The first-order chi connectivity index (χ1) is 10.8. The normalized spacial score (nSPS) is 12.4. The third-order valence-corrected chi connectivity index (χ3v) is 3.49. The summed E-state index contributed by atoms with van der Waals surface area (Å²) < 4.78 is 34.4. The molecule has 0 saturated carbocycles. The van der Waals surface area contributed by atoms with Crippen molar-refractivity contribution >= 4 is 27.5 Å². The summed E-state index contributed by atoms with van der Waals surface area (Å²) in [4.78, 5) is 24.0. The maximum absolute atomic E-state index is 12.2. The van der Waals surface area contributed by atoms with Gasteiger partial charge in [0.15, 0.2) is 6.10 Å². The van der Waals surface area contributed by atoms with Gasteiger partial charge in [-0.05, 0) is 37.3 Å². The summed E-state index contributed by atoms with van der Waals surface area (Å²) in [5.74, 6) is -1.05. The van der Waals surface area contributed by atoms with Crippen molar-refractivity contribution in [3.8, 4) is 0 Å². The van der Waals surface area contributed by atoms with Crippen LogP contribution >= 0.6 is 0 Å². The lowest BCUT2D eigenvalue weighted by Gasteiger charge is -2.12. The SMILES string of the molecule is C[C@@H](OC(=O)c1ccoc1)C(=O)c1ccc(NS(C)(=O)=O)cc1. The molecule has 0 aliphatic heterocycles. The number of esters is 1. The average molecular weight is 337 g/mol. The molecule has 1 aromatic heterocycles. The second-order valence-corrected chi connectivity index (χ2v) is 6.62. The molecule has 23 heavy (non-hydrogen) atoms. The zero-order valence-corrected chi connectivity index (χ0v) is 13.3. The number of carbonyl (C=O) groups is 2. The zero-order valence-electron chi connectivity index (χ0n) is 12.5. The van der Waals surface area contributed by atoms with Crippen LogP contribution in [0.3, 0.4) is 0 Å². The van der Waals surface area contributed by atoms with E-state index in [1.807, 2.05) is 0 Å². The minimum absolute atomic E-state index is 0.220. The van der Waals surface area contributed by atoms with Gasteiger partial charge in [-0.15, -0.1) is 0 Å². The van der Waals surface area contributed by atoms with Gasteiger partial charge >= 0.3 is 5.97 Å². The van der Waals surface area contributed by atoms with E-state index in [0.717, 1.165) is 6.26 Å². The van der Waals surface area contributed by atoms with Gasteiger partial charge in [0.25, 0.3) is 0 Å². The van der Waals surface area contributed by atoms with E-state index in [9.17, 15) is 18.0 Å². The van der Waals surface area contributed by atoms with Crippen LogP contribution in [0.1, 0.15) is 27.6 Å². The Morgan fingerprint density at radius 1 is 1.13 bits per heavy atom. The van der Waals surface area contributed by atoms with Crippen molar-refractivity contribution < 1.29 is 27.2 Å². The van der Waals surface area contributed by atoms with Crippen LogP contribution in [-0.2, 0) is 14.8 Å². The molecule has 1 atom stereocenters. The zero-order chi connectivity index (χ0) is 17.0. The van der Waals surface area contributed by atoms with Crippen molar-refractivity contribution in [2.45, 2.75) is 13.0 Å². The summed E-state index contributed by atoms with van der Waals surface area (Å²) in [5, 5.41) is 0. The van der Waals surface area contributed by atoms with Gasteiger partial charge in [-0.1, -0.05) is 0 Å². The molecule has 1 heterocycles. The predicted octanol–water partition coefficient (Wildman–Crippen LogP) is 2.08. The second-order valence-electron chi connectivity index (χ2n) is 4.88. The van der Waals surface area contributed by atoms with E-state index >= 15 is 0 Å². The average Bonchev–Trinajstić information content (AvgIpc) is 3.00. The summed E-state index contributed by atoms with van der Waals surface area (Å²) in [7, 11) is -3.38. The molecule has 0 fully saturated rings. The molecule has 0 saturated heterocycles. The van der Waals surface area contributed by atoms with Gasteiger partial charge in [-0.3, -0.25) is 9.52 Å². The number of benzene rings is 1. The van der Waals surface area contributed by atoms with E-state index in [0.29, 0.717) is 11.3 Å². The number of carbonyl (C=O) groups excluding carboxylic acids is 2. The molecule has 122 valence electrons. The number of sulfonamides is 1. The summed E-state index contributed by atoms with van der Waals surface area (Å²) in [6.07, 6.45) is 2.61. The van der Waals surface area contributed by atoms with Crippen LogP contribution in [0.2, 0.25) is 0 Å². The van der Waals surface area contributed by atoms with Gasteiger partial charge in [0.2, 0.25) is 15.8 Å². The molecule has 7 nitrogen and oxygen atoms in total. The fraction of sp³-hybridized carbons (Fsp3) is 0.200. The number of rotatable bonds is 6. The molecule has 0 unspecified atom stereocenters. The highest BCUT2D eigenvalue weighted by molar-refractivity contribution is 7.92. The van der Waals surface area contributed by atoms with Crippen molar-refractivity contribution in [2.24, 2.45) is 0 Å². The Morgan fingerprint density at radius 2 is 1.78 bits per heavy atom. The molecule has 1 N–H and O–H groups in total. The Labute approximate surface area is 133 Å². The van der Waals surface area contributed by atoms with Crippen LogP contribution in [0.5, 0.6) is 0 Å². The molecule has 0 aliphatic rings. The number of Topliss-reactive ketones (excluding diaryl/α,β-unsaturated/α-hetero) is 1. The quantitative estimate of drug-likeness (QED) is 0.639. The fourth-order valence-electron chi connectivity index (χ4n) is 1.81. The van der Waals surface area contributed by atoms with E-state index in [2.05, 4.69) is 4.72 Å². The van der Waals surface area contributed by atoms with Crippen LogP contribution in [0.15, 0.2) is 47.3 Å². The third-order valence-electron chi connectivity index (χ3n) is 2.88. The fourth-order valence-corrected chi connectivity index (χ4v) is 2.38. The lowest BCUT2D eigenvalue weighted by molar-refractivity contribution is 0.0318. The van der Waals surface area contributed by atoms with Crippen LogP contribution < -0.4 is 4.72 Å². The van der Waals surface area contributed by atoms with Gasteiger partial charge in [-0.25, -0.2) is 13.2 Å². The lowest BCUT2D eigenvalue weighted by Crippen LogP contribution is -2.24. The molecular weight excluding hydrogens is 322 g/mol. The van der Waals surface area contributed by atoms with Crippen molar-refractivity contribution in [3.05, 3.63) is 54.0 Å². The Hall–Kier alpha value is -2.61. The maximum Gasteiger partial charge on any atom is 0.342 e. The molecular formula is C15H15NO6S. The summed E-state index contributed by atoms with van der Waals surface area (Å²) in [6, 6.07) is 7.26. The molecule has 8 heteroatoms. The van der Waals surface area contributed by atoms with Gasteiger partial charge in [0, 0.05) is 11.3 Å². The molecule has 2 aromatic rings. The van der Waals surface area contributed by atoms with Crippen molar-refractivity contribution in [3.63, 3.8) is 0 Å². The minimum Gasteiger partial charge on any atom is -0.472 e. The molecule has 0 radical (unpaired) electrons. The van der Waals surface area contributed by atoms with Crippen LogP contribution in [0, 0.1) is 0 Å². The smallest absolute Gasteiger partial charge is 0.342 e. The number of anilines is 1. The Kier molecular flexibility index (Phi) is 4.85. The number of hydrogen-bond donors (Lipinski definition) is 1. The van der Waals surface area contributed by atoms with Gasteiger partial charge in [-0.2, -0.15) is 0 Å². The first-order valence-corrected chi connectivity index (χ1v) is 8.50. The van der Waals surface area contributed by atoms with Gasteiger partial charge in [0.05, 0.1) is 18.1 Å². The Balaban J connectivity index is 2.03. The van der Waals surface area contributed by atoms with Crippen LogP contribution in [0.4, 0.5) is 5.69 Å². The number of hydrogen-bond acceptors (Lipinski definition) is 6. The topological polar surface area (TPSA) is 103 Å². The molecule has 0 bridgehead atoms. The van der Waals surface area contributed by atoms with Crippen LogP contribution in [0.25, 0.3) is 0 Å². The van der Waals surface area contributed by atoms with Crippen molar-refractivity contribution in [2.75, 3.05) is 11.0 Å². The van der Waals surface area contributed by atoms with E-state index in [1.54, 1.807) is 0 Å². The molecule has 2 rings (SSSR count).